The van der Waals surface area contributed by atoms with Gasteiger partial charge in [-0.05, 0) is 26.0 Å². The van der Waals surface area contributed by atoms with E-state index in [0.717, 1.165) is 11.3 Å². The van der Waals surface area contributed by atoms with Crippen molar-refractivity contribution in [1.82, 2.24) is 19.5 Å². The second-order valence-corrected chi connectivity index (χ2v) is 7.26. The van der Waals surface area contributed by atoms with E-state index in [4.69, 9.17) is 10.3 Å². The summed E-state index contributed by atoms with van der Waals surface area (Å²) in [6, 6.07) is 5.09. The molecule has 0 saturated carbocycles. The number of hydrogen-bond acceptors (Lipinski definition) is 6. The lowest BCUT2D eigenvalue weighted by atomic mass is 9.87. The van der Waals surface area contributed by atoms with Gasteiger partial charge in [-0.15, -0.1) is 0 Å². The number of quaternary nitrogens is 1. The SMILES string of the molecule is CCN(C(=O)O)[C@@H]1C[C@H](C)[N+](C)(C(C)=O)c2ccc(-c3nc(CN)no3)cc21. The van der Waals surface area contributed by atoms with E-state index in [1.807, 2.05) is 39.1 Å². The first kappa shape index (κ1) is 20.0. The first-order valence-electron chi connectivity index (χ1n) is 9.28. The van der Waals surface area contributed by atoms with Crippen molar-refractivity contribution in [3.8, 4) is 11.5 Å². The first-order chi connectivity index (χ1) is 13.2. The quantitative estimate of drug-likeness (QED) is 0.772. The van der Waals surface area contributed by atoms with E-state index in [9.17, 15) is 14.7 Å². The Morgan fingerprint density at radius 2 is 2.14 bits per heavy atom. The van der Waals surface area contributed by atoms with Gasteiger partial charge in [0.1, 0.15) is 5.69 Å². The highest BCUT2D eigenvalue weighted by atomic mass is 16.5. The van der Waals surface area contributed by atoms with Crippen molar-refractivity contribution in [1.29, 1.82) is 0 Å². The minimum atomic E-state index is -0.988. The van der Waals surface area contributed by atoms with Crippen LogP contribution in [0.2, 0.25) is 0 Å². The topological polar surface area (TPSA) is 123 Å². The Bertz CT molecular complexity index is 911. The summed E-state index contributed by atoms with van der Waals surface area (Å²) < 4.78 is 5.39. The van der Waals surface area contributed by atoms with Crippen molar-refractivity contribution in [2.24, 2.45) is 5.73 Å². The van der Waals surface area contributed by atoms with E-state index < -0.39 is 6.09 Å². The summed E-state index contributed by atoms with van der Waals surface area (Å²) in [5.74, 6) is 0.709. The summed E-state index contributed by atoms with van der Waals surface area (Å²) in [5, 5.41) is 13.5. The highest BCUT2D eigenvalue weighted by Crippen LogP contribution is 2.45. The van der Waals surface area contributed by atoms with E-state index in [1.165, 1.54) is 4.90 Å². The van der Waals surface area contributed by atoms with Crippen LogP contribution in [-0.4, -0.2) is 51.8 Å². The van der Waals surface area contributed by atoms with E-state index in [2.05, 4.69) is 10.1 Å². The summed E-state index contributed by atoms with van der Waals surface area (Å²) in [7, 11) is 1.87. The molecule has 3 rings (SSSR count). The summed E-state index contributed by atoms with van der Waals surface area (Å²) in [4.78, 5) is 30.1. The minimum absolute atomic E-state index is 0.00142. The van der Waals surface area contributed by atoms with E-state index in [1.54, 1.807) is 6.92 Å². The zero-order valence-electron chi connectivity index (χ0n) is 16.5. The molecule has 9 heteroatoms. The molecule has 2 aromatic rings. The lowest BCUT2D eigenvalue weighted by molar-refractivity contribution is -0.129. The Morgan fingerprint density at radius 3 is 2.68 bits per heavy atom. The number of rotatable bonds is 4. The number of carbonyl (C=O) groups is 2. The molecule has 150 valence electrons. The maximum atomic E-state index is 12.6. The lowest BCUT2D eigenvalue weighted by Gasteiger charge is -2.45. The molecule has 1 aromatic heterocycles. The number of nitrogens with zero attached hydrogens (tertiary/aromatic N) is 4. The van der Waals surface area contributed by atoms with E-state index >= 15 is 0 Å². The summed E-state index contributed by atoms with van der Waals surface area (Å²) in [6.07, 6.45) is -0.455. The van der Waals surface area contributed by atoms with Crippen LogP contribution in [-0.2, 0) is 11.3 Å². The highest BCUT2D eigenvalue weighted by molar-refractivity contribution is 5.89. The summed E-state index contributed by atoms with van der Waals surface area (Å²) in [5.41, 5.74) is 7.79. The van der Waals surface area contributed by atoms with Crippen molar-refractivity contribution in [2.75, 3.05) is 13.6 Å². The first-order valence-corrected chi connectivity index (χ1v) is 9.28. The molecule has 28 heavy (non-hydrogen) atoms. The van der Waals surface area contributed by atoms with Crippen LogP contribution in [0.5, 0.6) is 0 Å². The number of nitrogens with two attached hydrogens (primary N) is 1. The molecule has 9 nitrogen and oxygen atoms in total. The van der Waals surface area contributed by atoms with Crippen LogP contribution in [0.3, 0.4) is 0 Å². The van der Waals surface area contributed by atoms with Gasteiger partial charge in [-0.1, -0.05) is 5.16 Å². The molecule has 2 heterocycles. The van der Waals surface area contributed by atoms with Crippen molar-refractivity contribution in [2.45, 2.75) is 45.8 Å². The van der Waals surface area contributed by atoms with Crippen LogP contribution in [0.25, 0.3) is 11.5 Å². The van der Waals surface area contributed by atoms with Gasteiger partial charge in [0, 0.05) is 30.2 Å². The third kappa shape index (κ3) is 3.06. The smallest absolute Gasteiger partial charge is 0.407 e. The second kappa shape index (κ2) is 7.33. The number of carboxylic acid groups (broad SMARTS) is 1. The molecule has 1 unspecified atom stereocenters. The number of aromatic nitrogens is 2. The maximum Gasteiger partial charge on any atom is 0.407 e. The summed E-state index contributed by atoms with van der Waals surface area (Å²) >= 11 is 0. The van der Waals surface area contributed by atoms with E-state index in [0.29, 0.717) is 30.2 Å². The molecule has 1 aromatic carbocycles. The maximum absolute atomic E-state index is 12.6. The molecule has 2 amide bonds. The fourth-order valence-corrected chi connectivity index (χ4v) is 3.99. The number of fused-ring (bicyclic) bond motifs is 1. The van der Waals surface area contributed by atoms with Crippen LogP contribution in [0.4, 0.5) is 10.5 Å². The zero-order valence-corrected chi connectivity index (χ0v) is 16.5. The van der Waals surface area contributed by atoms with Crippen LogP contribution in [0.15, 0.2) is 22.7 Å². The van der Waals surface area contributed by atoms with Crippen LogP contribution >= 0.6 is 0 Å². The molecule has 0 bridgehead atoms. The molecule has 1 aliphatic heterocycles. The predicted octanol–water partition coefficient (Wildman–Crippen LogP) is 2.51. The van der Waals surface area contributed by atoms with Gasteiger partial charge < -0.3 is 20.3 Å². The van der Waals surface area contributed by atoms with Crippen LogP contribution in [0, 0.1) is 0 Å². The largest absolute Gasteiger partial charge is 0.465 e. The molecule has 0 saturated heterocycles. The van der Waals surface area contributed by atoms with Gasteiger partial charge in [-0.2, -0.15) is 4.98 Å². The Morgan fingerprint density at radius 1 is 1.43 bits per heavy atom. The van der Waals surface area contributed by atoms with E-state index in [-0.39, 0.29) is 29.0 Å². The van der Waals surface area contributed by atoms with Crippen molar-refractivity contribution < 1.29 is 19.2 Å². The Balaban J connectivity index is 2.20. The monoisotopic (exact) mass is 388 g/mol. The molecule has 0 aliphatic carbocycles. The number of amides is 2. The van der Waals surface area contributed by atoms with Gasteiger partial charge in [0.25, 0.3) is 5.89 Å². The molecular weight excluding hydrogens is 362 g/mol. The molecule has 1 aliphatic rings. The van der Waals surface area contributed by atoms with Crippen molar-refractivity contribution in [3.05, 3.63) is 29.6 Å². The predicted molar refractivity (Wildman–Crippen MR) is 103 cm³/mol. The van der Waals surface area contributed by atoms with Gasteiger partial charge in [0.15, 0.2) is 5.82 Å². The fourth-order valence-electron chi connectivity index (χ4n) is 3.99. The third-order valence-corrected chi connectivity index (χ3v) is 5.85. The Hall–Kier alpha value is -2.78. The average molecular weight is 388 g/mol. The lowest BCUT2D eigenvalue weighted by Crippen LogP contribution is -2.60. The third-order valence-electron chi connectivity index (χ3n) is 5.85. The molecule has 3 N–H and O–H groups in total. The molecule has 0 radical (unpaired) electrons. The minimum Gasteiger partial charge on any atom is -0.465 e. The van der Waals surface area contributed by atoms with Gasteiger partial charge in [-0.3, -0.25) is 0 Å². The fraction of sp³-hybridized carbons (Fsp3) is 0.474. The number of benzene rings is 1. The normalized spacial score (nSPS) is 23.9. The van der Waals surface area contributed by atoms with Gasteiger partial charge in [0.05, 0.1) is 32.6 Å². The highest BCUT2D eigenvalue weighted by Gasteiger charge is 2.47. The molecule has 0 spiro atoms. The zero-order chi connectivity index (χ0) is 20.6. The van der Waals surface area contributed by atoms with Crippen molar-refractivity contribution in [3.63, 3.8) is 0 Å². The van der Waals surface area contributed by atoms with Crippen LogP contribution < -0.4 is 10.2 Å². The second-order valence-electron chi connectivity index (χ2n) is 7.26. The Labute approximate surface area is 163 Å². The standard InChI is InChI=1S/C19H25N5O4/c1-5-23(19(26)27)15-8-11(2)24(4,12(3)25)16-7-6-13(9-14(15)16)18-21-17(10-20)22-28-18/h6-7,9,11,15H,5,8,10,20H2,1-4H3/p+1/t11-,15+,24?/m0/s1. The van der Waals surface area contributed by atoms with Crippen LogP contribution in [0.1, 0.15) is 44.6 Å². The molecule has 0 fully saturated rings. The average Bonchev–Trinajstić information content (AvgIpc) is 3.14. The summed E-state index contributed by atoms with van der Waals surface area (Å²) in [6.45, 7) is 5.86. The Kier molecular flexibility index (Phi) is 5.22. The van der Waals surface area contributed by atoms with Gasteiger partial charge in [0.2, 0.25) is 0 Å². The van der Waals surface area contributed by atoms with Gasteiger partial charge >= 0.3 is 12.0 Å². The number of carbonyl (C=O) groups excluding carboxylic acids is 1. The number of hydrogen-bond donors (Lipinski definition) is 2. The molecular formula is C19H26N5O4+. The van der Waals surface area contributed by atoms with Gasteiger partial charge in [-0.25, -0.2) is 14.1 Å². The van der Waals surface area contributed by atoms with Crippen molar-refractivity contribution >= 4 is 17.7 Å². The molecule has 3 atom stereocenters.